The van der Waals surface area contributed by atoms with Gasteiger partial charge in [-0.25, -0.2) is 4.79 Å². The van der Waals surface area contributed by atoms with Crippen molar-refractivity contribution in [2.75, 3.05) is 14.2 Å². The molecule has 0 fully saturated rings. The van der Waals surface area contributed by atoms with Gasteiger partial charge in [0.15, 0.2) is 17.1 Å². The largest absolute Gasteiger partial charge is 0.497 e. The fourth-order valence-corrected chi connectivity index (χ4v) is 2.62. The number of furan rings is 1. The molecule has 0 unspecified atom stereocenters. The normalized spacial score (nSPS) is 10.8. The number of hydrogen-bond acceptors (Lipinski definition) is 7. The highest BCUT2D eigenvalue weighted by Crippen LogP contribution is 2.33. The summed E-state index contributed by atoms with van der Waals surface area (Å²) < 4.78 is 22.0. The number of hydrogen-bond donors (Lipinski definition) is 0. The van der Waals surface area contributed by atoms with Crippen molar-refractivity contribution in [2.45, 2.75) is 0 Å². The second-order valence-corrected chi connectivity index (χ2v) is 5.44. The first-order valence-corrected chi connectivity index (χ1v) is 7.78. The molecule has 26 heavy (non-hydrogen) atoms. The molecule has 0 aliphatic rings. The number of aromatic nitrogens is 2. The molecule has 0 aliphatic carbocycles. The Labute approximate surface area is 147 Å². The van der Waals surface area contributed by atoms with Gasteiger partial charge in [-0.05, 0) is 30.3 Å². The van der Waals surface area contributed by atoms with Crippen molar-refractivity contribution in [1.29, 1.82) is 0 Å². The van der Waals surface area contributed by atoms with Gasteiger partial charge in [-0.15, -0.1) is 0 Å². The van der Waals surface area contributed by atoms with E-state index < -0.39 is 5.69 Å². The summed E-state index contributed by atoms with van der Waals surface area (Å²) in [7, 11) is 3.12. The lowest BCUT2D eigenvalue weighted by molar-refractivity contribution is 0.409. The third kappa shape index (κ3) is 2.79. The summed E-state index contributed by atoms with van der Waals surface area (Å²) in [5.74, 6) is 1.69. The van der Waals surface area contributed by atoms with Gasteiger partial charge in [0.1, 0.15) is 5.75 Å². The summed E-state index contributed by atoms with van der Waals surface area (Å²) >= 11 is 0. The molecule has 0 amide bonds. The summed E-state index contributed by atoms with van der Waals surface area (Å²) in [5, 5.41) is 0.809. The lowest BCUT2D eigenvalue weighted by Gasteiger charge is -2.03. The average Bonchev–Trinajstić information content (AvgIpc) is 3.12. The molecule has 0 aliphatic heterocycles. The minimum atomic E-state index is -0.670. The van der Waals surface area contributed by atoms with Crippen molar-refractivity contribution in [3.05, 3.63) is 59.0 Å². The molecule has 4 rings (SSSR count). The van der Waals surface area contributed by atoms with E-state index in [2.05, 4.69) is 9.97 Å². The molecule has 4 aromatic rings. The fraction of sp³-hybridized carbons (Fsp3) is 0.105. The Hall–Kier alpha value is -3.61. The van der Waals surface area contributed by atoms with Gasteiger partial charge in [0, 0.05) is 10.9 Å². The average molecular weight is 350 g/mol. The Balaban J connectivity index is 1.85. The van der Waals surface area contributed by atoms with Crippen molar-refractivity contribution >= 4 is 11.0 Å². The molecule has 0 bridgehead atoms. The van der Waals surface area contributed by atoms with Crippen molar-refractivity contribution < 1.29 is 18.3 Å². The number of fused-ring (bicyclic) bond motifs is 1. The Bertz CT molecular complexity index is 1150. The van der Waals surface area contributed by atoms with Crippen molar-refractivity contribution in [1.82, 2.24) is 9.97 Å². The van der Waals surface area contributed by atoms with E-state index in [1.165, 1.54) is 0 Å². The van der Waals surface area contributed by atoms with Gasteiger partial charge in [-0.3, -0.25) is 0 Å². The standard InChI is InChI=1S/C19H14N2O5/c1-23-13-7-3-6-12(9-13)17-20-19(22)21-18(26-17)15-10-11-5-4-8-14(24-2)16(11)25-15/h3-10H,1-2H3. The summed E-state index contributed by atoms with van der Waals surface area (Å²) in [6.07, 6.45) is 0. The summed E-state index contributed by atoms with van der Waals surface area (Å²) in [6, 6.07) is 14.3. The zero-order valence-electron chi connectivity index (χ0n) is 14.1. The van der Waals surface area contributed by atoms with E-state index in [0.717, 1.165) is 5.39 Å². The van der Waals surface area contributed by atoms with Gasteiger partial charge in [-0.2, -0.15) is 9.97 Å². The van der Waals surface area contributed by atoms with Crippen LogP contribution in [0.5, 0.6) is 11.5 Å². The van der Waals surface area contributed by atoms with Crippen LogP contribution in [0.2, 0.25) is 0 Å². The topological polar surface area (TPSA) is 87.6 Å². The molecular formula is C19H14N2O5. The Morgan fingerprint density at radius 3 is 2.50 bits per heavy atom. The van der Waals surface area contributed by atoms with Crippen LogP contribution >= 0.6 is 0 Å². The van der Waals surface area contributed by atoms with Gasteiger partial charge >= 0.3 is 5.69 Å². The molecule has 7 nitrogen and oxygen atoms in total. The molecule has 0 saturated heterocycles. The van der Waals surface area contributed by atoms with E-state index in [1.807, 2.05) is 12.1 Å². The smallest absolute Gasteiger partial charge is 0.373 e. The molecule has 7 heteroatoms. The van der Waals surface area contributed by atoms with Gasteiger partial charge in [-0.1, -0.05) is 18.2 Å². The van der Waals surface area contributed by atoms with Crippen LogP contribution in [0.3, 0.4) is 0 Å². The Morgan fingerprint density at radius 2 is 1.69 bits per heavy atom. The maximum absolute atomic E-state index is 12.0. The highest BCUT2D eigenvalue weighted by Gasteiger charge is 2.16. The first-order valence-electron chi connectivity index (χ1n) is 7.78. The second kappa shape index (κ2) is 6.36. The van der Waals surface area contributed by atoms with Crippen LogP contribution in [0, 0.1) is 0 Å². The summed E-state index contributed by atoms with van der Waals surface area (Å²) in [6.45, 7) is 0. The van der Waals surface area contributed by atoms with E-state index in [1.54, 1.807) is 50.6 Å². The van der Waals surface area contributed by atoms with Crippen LogP contribution in [0.25, 0.3) is 34.1 Å². The zero-order valence-corrected chi connectivity index (χ0v) is 14.1. The van der Waals surface area contributed by atoms with E-state index in [9.17, 15) is 4.79 Å². The summed E-state index contributed by atoms with van der Waals surface area (Å²) in [5.41, 5.74) is 0.476. The molecule has 0 spiro atoms. The van der Waals surface area contributed by atoms with E-state index in [4.69, 9.17) is 18.3 Å². The lowest BCUT2D eigenvalue weighted by atomic mass is 10.2. The van der Waals surface area contributed by atoms with Crippen molar-refractivity contribution in [3.8, 4) is 34.6 Å². The zero-order chi connectivity index (χ0) is 18.1. The molecular weight excluding hydrogens is 336 g/mol. The fourth-order valence-electron chi connectivity index (χ4n) is 2.62. The van der Waals surface area contributed by atoms with Crippen LogP contribution in [0.15, 0.2) is 62.2 Å². The van der Waals surface area contributed by atoms with E-state index in [-0.39, 0.29) is 11.8 Å². The van der Waals surface area contributed by atoms with Gasteiger partial charge in [0.2, 0.25) is 5.89 Å². The van der Waals surface area contributed by atoms with Crippen LogP contribution in [-0.2, 0) is 0 Å². The van der Waals surface area contributed by atoms with E-state index in [0.29, 0.717) is 28.4 Å². The molecule has 2 heterocycles. The minimum Gasteiger partial charge on any atom is -0.497 e. The third-order valence-corrected chi connectivity index (χ3v) is 3.84. The second-order valence-electron chi connectivity index (χ2n) is 5.44. The third-order valence-electron chi connectivity index (χ3n) is 3.84. The van der Waals surface area contributed by atoms with Gasteiger partial charge in [0.05, 0.1) is 14.2 Å². The predicted octanol–water partition coefficient (Wildman–Crippen LogP) is 3.53. The SMILES string of the molecule is COc1cccc(-c2nc(=O)nc(-c3cc4cccc(OC)c4o3)o2)c1. The number of benzene rings is 2. The van der Waals surface area contributed by atoms with Crippen LogP contribution < -0.4 is 15.2 Å². The molecule has 2 aromatic carbocycles. The number of ether oxygens (including phenoxy) is 2. The molecule has 0 saturated carbocycles. The number of methoxy groups -OCH3 is 2. The Morgan fingerprint density at radius 1 is 0.885 bits per heavy atom. The number of nitrogens with zero attached hydrogens (tertiary/aromatic N) is 2. The lowest BCUT2D eigenvalue weighted by Crippen LogP contribution is -2.11. The molecule has 0 radical (unpaired) electrons. The highest BCUT2D eigenvalue weighted by molar-refractivity contribution is 5.86. The first kappa shape index (κ1) is 15.9. The van der Waals surface area contributed by atoms with Gasteiger partial charge < -0.3 is 18.3 Å². The van der Waals surface area contributed by atoms with Crippen molar-refractivity contribution in [3.63, 3.8) is 0 Å². The molecule has 130 valence electrons. The summed E-state index contributed by atoms with van der Waals surface area (Å²) in [4.78, 5) is 19.6. The number of rotatable bonds is 4. The quantitative estimate of drug-likeness (QED) is 0.556. The van der Waals surface area contributed by atoms with Crippen LogP contribution in [-0.4, -0.2) is 24.2 Å². The van der Waals surface area contributed by atoms with Crippen molar-refractivity contribution in [2.24, 2.45) is 0 Å². The maximum atomic E-state index is 12.0. The molecule has 0 N–H and O–H groups in total. The minimum absolute atomic E-state index is 0.0427. The monoisotopic (exact) mass is 350 g/mol. The highest BCUT2D eigenvalue weighted by atomic mass is 16.5. The first-order chi connectivity index (χ1) is 12.7. The van der Waals surface area contributed by atoms with Gasteiger partial charge in [0.25, 0.3) is 5.89 Å². The Kier molecular flexibility index (Phi) is 3.89. The molecule has 0 atom stereocenters. The van der Waals surface area contributed by atoms with E-state index >= 15 is 0 Å². The predicted molar refractivity (Wildman–Crippen MR) is 94.3 cm³/mol. The maximum Gasteiger partial charge on any atom is 0.373 e. The van der Waals surface area contributed by atoms with Crippen LogP contribution in [0.4, 0.5) is 0 Å². The number of para-hydroxylation sites is 1. The van der Waals surface area contributed by atoms with Crippen LogP contribution in [0.1, 0.15) is 0 Å². The molecule has 2 aromatic heterocycles.